The summed E-state index contributed by atoms with van der Waals surface area (Å²) >= 11 is 0. The van der Waals surface area contributed by atoms with E-state index >= 15 is 0 Å². The van der Waals surface area contributed by atoms with Crippen LogP contribution in [0.4, 0.5) is 0 Å². The summed E-state index contributed by atoms with van der Waals surface area (Å²) < 4.78 is 5.06. The van der Waals surface area contributed by atoms with Crippen molar-refractivity contribution in [2.45, 2.75) is 72.3 Å². The van der Waals surface area contributed by atoms with Crippen LogP contribution in [-0.2, 0) is 9.53 Å². The van der Waals surface area contributed by atoms with Crippen molar-refractivity contribution in [2.75, 3.05) is 6.61 Å². The molecule has 1 unspecified atom stereocenters. The first kappa shape index (κ1) is 16.5. The molecule has 1 fully saturated rings. The third kappa shape index (κ3) is 3.71. The van der Waals surface area contributed by atoms with E-state index in [0.717, 1.165) is 25.7 Å². The Kier molecular flexibility index (Phi) is 5.43. The summed E-state index contributed by atoms with van der Waals surface area (Å²) in [6.45, 7) is 10.8. The van der Waals surface area contributed by atoms with E-state index in [9.17, 15) is 9.90 Å². The van der Waals surface area contributed by atoms with Gasteiger partial charge in [0.1, 0.15) is 0 Å². The molecule has 1 atom stereocenters. The van der Waals surface area contributed by atoms with E-state index in [1.165, 1.54) is 0 Å². The topological polar surface area (TPSA) is 46.5 Å². The molecule has 0 bridgehead atoms. The predicted octanol–water partition coefficient (Wildman–Crippen LogP) is 3.54. The van der Waals surface area contributed by atoms with Crippen LogP contribution in [0.1, 0.15) is 66.7 Å². The van der Waals surface area contributed by atoms with Gasteiger partial charge in [-0.1, -0.05) is 27.7 Å². The average molecular weight is 270 g/mol. The van der Waals surface area contributed by atoms with E-state index in [2.05, 4.69) is 20.8 Å². The molecule has 0 saturated heterocycles. The summed E-state index contributed by atoms with van der Waals surface area (Å²) in [5.74, 6) is 0.305. The number of hydrogen-bond donors (Lipinski definition) is 1. The summed E-state index contributed by atoms with van der Waals surface area (Å²) in [7, 11) is 0. The smallest absolute Gasteiger partial charge is 0.338 e. The molecule has 0 aliphatic heterocycles. The van der Waals surface area contributed by atoms with Crippen molar-refractivity contribution in [3.63, 3.8) is 0 Å². The van der Waals surface area contributed by atoms with E-state index in [1.54, 1.807) is 6.92 Å². The second kappa shape index (κ2) is 6.25. The molecule has 0 radical (unpaired) electrons. The van der Waals surface area contributed by atoms with Gasteiger partial charge >= 0.3 is 5.97 Å². The van der Waals surface area contributed by atoms with Crippen LogP contribution in [0.25, 0.3) is 0 Å². The number of hydrogen-bond acceptors (Lipinski definition) is 3. The highest BCUT2D eigenvalue weighted by atomic mass is 16.5. The normalized spacial score (nSPS) is 27.7. The molecular weight excluding hydrogens is 240 g/mol. The summed E-state index contributed by atoms with van der Waals surface area (Å²) in [6.07, 6.45) is 4.47. The highest BCUT2D eigenvalue weighted by molar-refractivity contribution is 5.79. The van der Waals surface area contributed by atoms with E-state index in [0.29, 0.717) is 24.4 Å². The first-order valence-corrected chi connectivity index (χ1v) is 7.65. The van der Waals surface area contributed by atoms with E-state index in [1.807, 2.05) is 6.92 Å². The van der Waals surface area contributed by atoms with E-state index < -0.39 is 11.6 Å². The zero-order valence-electron chi connectivity index (χ0n) is 13.2. The maximum atomic E-state index is 12.0. The summed E-state index contributed by atoms with van der Waals surface area (Å²) in [5.41, 5.74) is -0.960. The van der Waals surface area contributed by atoms with Crippen LogP contribution in [0, 0.1) is 17.3 Å². The highest BCUT2D eigenvalue weighted by Crippen LogP contribution is 2.43. The van der Waals surface area contributed by atoms with Crippen molar-refractivity contribution in [2.24, 2.45) is 17.3 Å². The Morgan fingerprint density at radius 3 is 1.95 bits per heavy atom. The van der Waals surface area contributed by atoms with Gasteiger partial charge in [0.05, 0.1) is 6.61 Å². The minimum Gasteiger partial charge on any atom is -0.464 e. The number of aliphatic hydroxyl groups is 1. The summed E-state index contributed by atoms with van der Waals surface area (Å²) in [6, 6.07) is 0. The molecule has 1 saturated carbocycles. The second-order valence-electron chi connectivity index (χ2n) is 6.91. The Morgan fingerprint density at radius 2 is 1.58 bits per heavy atom. The van der Waals surface area contributed by atoms with Gasteiger partial charge in [-0.25, -0.2) is 4.79 Å². The van der Waals surface area contributed by atoms with Gasteiger partial charge in [0.25, 0.3) is 0 Å². The summed E-state index contributed by atoms with van der Waals surface area (Å²) in [4.78, 5) is 12.0. The molecule has 0 heterocycles. The van der Waals surface area contributed by atoms with Gasteiger partial charge in [0, 0.05) is 0 Å². The first-order chi connectivity index (χ1) is 8.75. The minimum atomic E-state index is -1.28. The van der Waals surface area contributed by atoms with Crippen LogP contribution in [0.2, 0.25) is 0 Å². The van der Waals surface area contributed by atoms with Crippen LogP contribution < -0.4 is 0 Å². The van der Waals surface area contributed by atoms with Gasteiger partial charge < -0.3 is 9.84 Å². The maximum Gasteiger partial charge on any atom is 0.338 e. The molecule has 0 aromatic heterocycles. The van der Waals surface area contributed by atoms with Crippen molar-refractivity contribution in [1.82, 2.24) is 0 Å². The zero-order valence-corrected chi connectivity index (χ0v) is 13.2. The Balaban J connectivity index is 2.69. The van der Waals surface area contributed by atoms with Gasteiger partial charge in [-0.3, -0.25) is 0 Å². The SMILES string of the molecule is CCOC(=O)C(O)(CC)C1CCC(C(C)(C)C)CC1. The molecular formula is C16H30O3. The fourth-order valence-electron chi connectivity index (χ4n) is 3.29. The van der Waals surface area contributed by atoms with Crippen molar-refractivity contribution in [3.05, 3.63) is 0 Å². The first-order valence-electron chi connectivity index (χ1n) is 7.65. The number of carbonyl (C=O) groups is 1. The lowest BCUT2D eigenvalue weighted by Gasteiger charge is -2.41. The lowest BCUT2D eigenvalue weighted by Crippen LogP contribution is -2.48. The molecule has 19 heavy (non-hydrogen) atoms. The fourth-order valence-corrected chi connectivity index (χ4v) is 3.29. The van der Waals surface area contributed by atoms with Gasteiger partial charge in [-0.2, -0.15) is 0 Å². The largest absolute Gasteiger partial charge is 0.464 e. The average Bonchev–Trinajstić information content (AvgIpc) is 2.37. The van der Waals surface area contributed by atoms with Crippen LogP contribution in [0.5, 0.6) is 0 Å². The molecule has 1 N–H and O–H groups in total. The quantitative estimate of drug-likeness (QED) is 0.795. The monoisotopic (exact) mass is 270 g/mol. The van der Waals surface area contributed by atoms with Gasteiger partial charge in [0.2, 0.25) is 0 Å². The minimum absolute atomic E-state index is 0.0511. The standard InChI is InChI=1S/C16H30O3/c1-6-16(18,14(17)19-7-2)13-10-8-12(9-11-13)15(3,4)5/h12-13,18H,6-11H2,1-5H3. The van der Waals surface area contributed by atoms with Crippen molar-refractivity contribution in [1.29, 1.82) is 0 Å². The van der Waals surface area contributed by atoms with Crippen molar-refractivity contribution in [3.8, 4) is 0 Å². The Bertz CT molecular complexity index is 298. The fraction of sp³-hybridized carbons (Fsp3) is 0.938. The van der Waals surface area contributed by atoms with E-state index in [4.69, 9.17) is 4.74 Å². The van der Waals surface area contributed by atoms with Crippen molar-refractivity contribution < 1.29 is 14.6 Å². The number of rotatable bonds is 4. The third-order valence-electron chi connectivity index (χ3n) is 4.80. The lowest BCUT2D eigenvalue weighted by atomic mass is 9.66. The van der Waals surface area contributed by atoms with Crippen molar-refractivity contribution >= 4 is 5.97 Å². The van der Waals surface area contributed by atoms with Crippen LogP contribution >= 0.6 is 0 Å². The molecule has 3 heteroatoms. The molecule has 1 rings (SSSR count). The molecule has 1 aliphatic rings. The summed E-state index contributed by atoms with van der Waals surface area (Å²) in [5, 5.41) is 10.7. The Morgan fingerprint density at radius 1 is 1.11 bits per heavy atom. The van der Waals surface area contributed by atoms with Gasteiger partial charge in [0.15, 0.2) is 5.60 Å². The number of ether oxygens (including phenoxy) is 1. The van der Waals surface area contributed by atoms with E-state index in [-0.39, 0.29) is 5.92 Å². The highest BCUT2D eigenvalue weighted by Gasteiger charge is 2.45. The molecule has 3 nitrogen and oxygen atoms in total. The number of carbonyl (C=O) groups excluding carboxylic acids is 1. The molecule has 1 aliphatic carbocycles. The van der Waals surface area contributed by atoms with Gasteiger partial charge in [-0.15, -0.1) is 0 Å². The maximum absolute atomic E-state index is 12.0. The second-order valence-corrected chi connectivity index (χ2v) is 6.91. The Labute approximate surface area is 117 Å². The Hall–Kier alpha value is -0.570. The molecule has 0 spiro atoms. The number of esters is 1. The third-order valence-corrected chi connectivity index (χ3v) is 4.80. The van der Waals surface area contributed by atoms with Crippen LogP contribution in [0.15, 0.2) is 0 Å². The predicted molar refractivity (Wildman–Crippen MR) is 76.8 cm³/mol. The molecule has 0 aromatic rings. The van der Waals surface area contributed by atoms with Crippen LogP contribution in [0.3, 0.4) is 0 Å². The lowest BCUT2D eigenvalue weighted by molar-refractivity contribution is -0.174. The zero-order chi connectivity index (χ0) is 14.7. The molecule has 0 aromatic carbocycles. The molecule has 112 valence electrons. The molecule has 0 amide bonds. The van der Waals surface area contributed by atoms with Crippen LogP contribution in [-0.4, -0.2) is 23.3 Å². The van der Waals surface area contributed by atoms with Gasteiger partial charge in [-0.05, 0) is 56.3 Å².